The largest absolute Gasteiger partial charge is 0.356 e. The fourth-order valence-corrected chi connectivity index (χ4v) is 4.41. The van der Waals surface area contributed by atoms with Gasteiger partial charge in [0.05, 0.1) is 0 Å². The third-order valence-corrected chi connectivity index (χ3v) is 6.61. The Kier molecular flexibility index (Phi) is 27.0. The minimum absolute atomic E-state index is 0.258. The number of hydrogen-bond donors (Lipinski definition) is 1. The molecule has 0 aliphatic rings. The molecule has 0 saturated heterocycles. The first-order chi connectivity index (χ1) is 15.3. The normalized spacial score (nSPS) is 11.2. The van der Waals surface area contributed by atoms with Gasteiger partial charge in [-0.3, -0.25) is 4.79 Å². The molecule has 2 heteroatoms. The van der Waals surface area contributed by atoms with Crippen molar-refractivity contribution >= 4 is 5.91 Å². The van der Waals surface area contributed by atoms with E-state index in [-0.39, 0.29) is 5.91 Å². The van der Waals surface area contributed by atoms with Crippen LogP contribution in [0, 0.1) is 0 Å². The smallest absolute Gasteiger partial charge is 0.219 e. The van der Waals surface area contributed by atoms with Gasteiger partial charge in [-0.1, -0.05) is 155 Å². The number of rotatable bonds is 26. The fourth-order valence-electron chi connectivity index (χ4n) is 4.41. The van der Waals surface area contributed by atoms with Crippen LogP contribution in [0.2, 0.25) is 0 Å². The molecule has 0 fully saturated rings. The van der Waals surface area contributed by atoms with Crippen LogP contribution in [0.1, 0.15) is 174 Å². The first kappa shape index (κ1) is 30.5. The van der Waals surface area contributed by atoms with Crippen molar-refractivity contribution in [2.75, 3.05) is 6.54 Å². The standard InChI is InChI=1S/C29H59NO/c1-3-5-7-8-9-10-11-12-13-14-15-16-17-18-19-20-21-22-23-24-25-27-29(31)30-28-26-6-4-2/h3-28H2,1-2H3,(H,30,31). The summed E-state index contributed by atoms with van der Waals surface area (Å²) in [6.45, 7) is 5.36. The van der Waals surface area contributed by atoms with E-state index in [0.29, 0.717) is 0 Å². The van der Waals surface area contributed by atoms with Crippen LogP contribution in [0.3, 0.4) is 0 Å². The van der Waals surface area contributed by atoms with Crippen LogP contribution in [-0.2, 0) is 4.79 Å². The Hall–Kier alpha value is -0.530. The van der Waals surface area contributed by atoms with Crippen molar-refractivity contribution < 1.29 is 4.79 Å². The molecule has 31 heavy (non-hydrogen) atoms. The summed E-state index contributed by atoms with van der Waals surface area (Å²) in [5.41, 5.74) is 0. The average molecular weight is 438 g/mol. The molecule has 0 aliphatic heterocycles. The second-order valence-corrected chi connectivity index (χ2v) is 9.88. The number of unbranched alkanes of at least 4 members (excludes halogenated alkanes) is 22. The summed E-state index contributed by atoms with van der Waals surface area (Å²) >= 11 is 0. The molecule has 2 nitrogen and oxygen atoms in total. The molecule has 0 unspecified atom stereocenters. The molecule has 0 spiro atoms. The van der Waals surface area contributed by atoms with Crippen molar-refractivity contribution in [3.63, 3.8) is 0 Å². The van der Waals surface area contributed by atoms with Crippen molar-refractivity contribution in [1.29, 1.82) is 0 Å². The maximum Gasteiger partial charge on any atom is 0.219 e. The Bertz CT molecular complexity index is 342. The van der Waals surface area contributed by atoms with Crippen LogP contribution in [0.15, 0.2) is 0 Å². The Labute approximate surface area is 197 Å². The maximum absolute atomic E-state index is 11.7. The third-order valence-electron chi connectivity index (χ3n) is 6.61. The molecule has 0 aromatic carbocycles. The second kappa shape index (κ2) is 27.5. The van der Waals surface area contributed by atoms with Gasteiger partial charge in [-0.15, -0.1) is 0 Å². The zero-order chi connectivity index (χ0) is 22.7. The van der Waals surface area contributed by atoms with Gasteiger partial charge in [-0.25, -0.2) is 0 Å². The predicted molar refractivity (Wildman–Crippen MR) is 140 cm³/mol. The zero-order valence-corrected chi connectivity index (χ0v) is 21.8. The molecular weight excluding hydrogens is 378 g/mol. The number of carbonyl (C=O) groups is 1. The molecule has 0 bridgehead atoms. The molecule has 1 amide bonds. The van der Waals surface area contributed by atoms with Gasteiger partial charge in [0.15, 0.2) is 0 Å². The molecule has 186 valence electrons. The molecule has 0 heterocycles. The molecule has 0 aliphatic carbocycles. The zero-order valence-electron chi connectivity index (χ0n) is 21.8. The van der Waals surface area contributed by atoms with Gasteiger partial charge in [-0.05, 0) is 12.8 Å². The van der Waals surface area contributed by atoms with Gasteiger partial charge in [0, 0.05) is 13.0 Å². The average Bonchev–Trinajstić information content (AvgIpc) is 2.77. The van der Waals surface area contributed by atoms with Crippen LogP contribution in [-0.4, -0.2) is 12.5 Å². The lowest BCUT2D eigenvalue weighted by molar-refractivity contribution is -0.121. The Morgan fingerprint density at radius 1 is 0.419 bits per heavy atom. The lowest BCUT2D eigenvalue weighted by Gasteiger charge is -2.05. The molecule has 0 atom stereocenters. The third kappa shape index (κ3) is 27.4. The minimum atomic E-state index is 0.258. The first-order valence-electron chi connectivity index (χ1n) is 14.6. The quantitative estimate of drug-likeness (QED) is 0.134. The van der Waals surface area contributed by atoms with E-state index in [2.05, 4.69) is 19.2 Å². The van der Waals surface area contributed by atoms with Crippen molar-refractivity contribution in [1.82, 2.24) is 5.32 Å². The van der Waals surface area contributed by atoms with Gasteiger partial charge < -0.3 is 5.32 Å². The molecular formula is C29H59NO. The van der Waals surface area contributed by atoms with E-state index >= 15 is 0 Å². The van der Waals surface area contributed by atoms with E-state index in [1.54, 1.807) is 0 Å². The highest BCUT2D eigenvalue weighted by Gasteiger charge is 2.00. The van der Waals surface area contributed by atoms with Gasteiger partial charge in [0.1, 0.15) is 0 Å². The first-order valence-corrected chi connectivity index (χ1v) is 14.6. The van der Waals surface area contributed by atoms with Crippen molar-refractivity contribution in [3.05, 3.63) is 0 Å². The highest BCUT2D eigenvalue weighted by atomic mass is 16.1. The van der Waals surface area contributed by atoms with Crippen LogP contribution < -0.4 is 5.32 Å². The van der Waals surface area contributed by atoms with E-state index in [4.69, 9.17) is 0 Å². The molecule has 0 aromatic rings. The number of hydrogen-bond acceptors (Lipinski definition) is 1. The molecule has 0 radical (unpaired) electrons. The fraction of sp³-hybridized carbons (Fsp3) is 0.966. The van der Waals surface area contributed by atoms with Gasteiger partial charge >= 0.3 is 0 Å². The highest BCUT2D eigenvalue weighted by Crippen LogP contribution is 2.15. The Morgan fingerprint density at radius 3 is 1.06 bits per heavy atom. The summed E-state index contributed by atoms with van der Waals surface area (Å²) in [5.74, 6) is 0.258. The van der Waals surface area contributed by atoms with Crippen molar-refractivity contribution in [3.8, 4) is 0 Å². The van der Waals surface area contributed by atoms with Crippen LogP contribution in [0.5, 0.6) is 0 Å². The van der Waals surface area contributed by atoms with Crippen molar-refractivity contribution in [2.45, 2.75) is 174 Å². The van der Waals surface area contributed by atoms with Gasteiger partial charge in [0.25, 0.3) is 0 Å². The summed E-state index contributed by atoms with van der Waals surface area (Å²) in [6.07, 6.45) is 33.8. The number of amides is 1. The van der Waals surface area contributed by atoms with Crippen LogP contribution >= 0.6 is 0 Å². The summed E-state index contributed by atoms with van der Waals surface area (Å²) in [6, 6.07) is 0. The lowest BCUT2D eigenvalue weighted by Crippen LogP contribution is -2.23. The summed E-state index contributed by atoms with van der Waals surface area (Å²) in [4.78, 5) is 11.7. The molecule has 0 saturated carbocycles. The van der Waals surface area contributed by atoms with Gasteiger partial charge in [0.2, 0.25) is 5.91 Å². The second-order valence-electron chi connectivity index (χ2n) is 9.88. The Morgan fingerprint density at radius 2 is 0.710 bits per heavy atom. The topological polar surface area (TPSA) is 29.1 Å². The van der Waals surface area contributed by atoms with Crippen LogP contribution in [0.25, 0.3) is 0 Å². The minimum Gasteiger partial charge on any atom is -0.356 e. The van der Waals surface area contributed by atoms with Crippen LogP contribution in [0.4, 0.5) is 0 Å². The lowest BCUT2D eigenvalue weighted by atomic mass is 10.0. The monoisotopic (exact) mass is 437 g/mol. The summed E-state index contributed by atoms with van der Waals surface area (Å²) < 4.78 is 0. The molecule has 1 N–H and O–H groups in total. The van der Waals surface area contributed by atoms with E-state index in [9.17, 15) is 4.79 Å². The summed E-state index contributed by atoms with van der Waals surface area (Å²) in [7, 11) is 0. The van der Waals surface area contributed by atoms with Gasteiger partial charge in [-0.2, -0.15) is 0 Å². The Balaban J connectivity index is 3.07. The highest BCUT2D eigenvalue weighted by molar-refractivity contribution is 5.75. The number of nitrogens with one attached hydrogen (secondary N) is 1. The predicted octanol–water partition coefficient (Wildman–Crippen LogP) is 9.89. The van der Waals surface area contributed by atoms with Crippen molar-refractivity contribution in [2.24, 2.45) is 0 Å². The molecule has 0 aromatic heterocycles. The molecule has 0 rings (SSSR count). The van der Waals surface area contributed by atoms with E-state index < -0.39 is 0 Å². The van der Waals surface area contributed by atoms with E-state index in [0.717, 1.165) is 25.8 Å². The van der Waals surface area contributed by atoms with E-state index in [1.807, 2.05) is 0 Å². The maximum atomic E-state index is 11.7. The summed E-state index contributed by atoms with van der Waals surface area (Å²) in [5, 5.41) is 3.04. The number of carbonyl (C=O) groups excluding carboxylic acids is 1. The van der Waals surface area contributed by atoms with E-state index in [1.165, 1.54) is 141 Å². The SMILES string of the molecule is CCCCCCCCCCCCCCCCCCCCCCCC(=O)NCCCCC.